The lowest BCUT2D eigenvalue weighted by Crippen LogP contribution is -1.90. The summed E-state index contributed by atoms with van der Waals surface area (Å²) in [7, 11) is 1.66. The summed E-state index contributed by atoms with van der Waals surface area (Å²) in [6.45, 7) is 1.99. The van der Waals surface area contributed by atoms with E-state index in [2.05, 4.69) is 15.9 Å². The van der Waals surface area contributed by atoms with Crippen molar-refractivity contribution in [3.63, 3.8) is 0 Å². The lowest BCUT2D eigenvalue weighted by Gasteiger charge is -2.07. The molecule has 0 aliphatic heterocycles. The second kappa shape index (κ2) is 4.01. The van der Waals surface area contributed by atoms with Crippen molar-refractivity contribution in [1.29, 1.82) is 0 Å². The summed E-state index contributed by atoms with van der Waals surface area (Å²) in [5.74, 6) is 0.871. The molecule has 0 aliphatic carbocycles. The number of methoxy groups -OCH3 is 1. The van der Waals surface area contributed by atoms with Gasteiger partial charge in [0, 0.05) is 5.37 Å². The summed E-state index contributed by atoms with van der Waals surface area (Å²) < 4.78 is 6.13. The van der Waals surface area contributed by atoms with Crippen molar-refractivity contribution in [2.75, 3.05) is 7.11 Å². The summed E-state index contributed by atoms with van der Waals surface area (Å²) >= 11 is 8.24. The van der Waals surface area contributed by atoms with Crippen LogP contribution < -0.4 is 4.74 Å². The van der Waals surface area contributed by atoms with Gasteiger partial charge in [0.1, 0.15) is 5.75 Å². The van der Waals surface area contributed by atoms with E-state index in [1.807, 2.05) is 19.1 Å². The largest absolute Gasteiger partial charge is 0.495 e. The van der Waals surface area contributed by atoms with Crippen molar-refractivity contribution in [3.8, 4) is 5.75 Å². The van der Waals surface area contributed by atoms with Gasteiger partial charge in [-0.05, 0) is 46.1 Å². The number of aryl methyl sites for hydroxylation is 1. The first-order valence-electron chi connectivity index (χ1n) is 3.48. The lowest BCUT2D eigenvalue weighted by atomic mass is 10.1. The third-order valence-corrected chi connectivity index (χ3v) is 2.45. The third-order valence-electron chi connectivity index (χ3n) is 1.59. The first-order chi connectivity index (χ1) is 5.69. The Hall–Kier alpha value is -0.410. The minimum absolute atomic E-state index is 0.871. The van der Waals surface area contributed by atoms with Gasteiger partial charge in [-0.15, -0.1) is 0 Å². The highest BCUT2D eigenvalue weighted by Crippen LogP contribution is 2.29. The van der Waals surface area contributed by atoms with Crippen LogP contribution in [0.3, 0.4) is 0 Å². The van der Waals surface area contributed by atoms with Crippen LogP contribution in [0.2, 0.25) is 0 Å². The van der Waals surface area contributed by atoms with Crippen molar-refractivity contribution in [2.24, 2.45) is 0 Å². The molecule has 0 aliphatic rings. The van der Waals surface area contributed by atoms with Gasteiger partial charge in [-0.2, -0.15) is 0 Å². The molecule has 12 heavy (non-hydrogen) atoms. The Kier molecular flexibility index (Phi) is 3.23. The SMILES string of the molecule is COc1c(C)cc(C=S)cc1Br. The minimum atomic E-state index is 0.871. The van der Waals surface area contributed by atoms with Crippen molar-refractivity contribution >= 4 is 33.5 Å². The molecule has 1 aromatic rings. The summed E-state index contributed by atoms with van der Waals surface area (Å²) in [6.07, 6.45) is 0. The van der Waals surface area contributed by atoms with Crippen LogP contribution in [0.25, 0.3) is 0 Å². The monoisotopic (exact) mass is 244 g/mol. The average molecular weight is 245 g/mol. The fourth-order valence-electron chi connectivity index (χ4n) is 1.08. The Morgan fingerprint density at radius 3 is 2.58 bits per heavy atom. The van der Waals surface area contributed by atoms with E-state index in [1.165, 1.54) is 0 Å². The second-order valence-electron chi connectivity index (χ2n) is 2.47. The van der Waals surface area contributed by atoms with Crippen LogP contribution in [-0.4, -0.2) is 12.5 Å². The molecule has 64 valence electrons. The zero-order chi connectivity index (χ0) is 9.14. The van der Waals surface area contributed by atoms with Crippen LogP contribution >= 0.6 is 28.1 Å². The van der Waals surface area contributed by atoms with Crippen molar-refractivity contribution in [2.45, 2.75) is 6.92 Å². The molecule has 1 nitrogen and oxygen atoms in total. The molecule has 1 rings (SSSR count). The number of rotatable bonds is 2. The fourth-order valence-corrected chi connectivity index (χ4v) is 1.96. The molecular formula is C9H9BrOS. The van der Waals surface area contributed by atoms with E-state index in [-0.39, 0.29) is 0 Å². The molecular weight excluding hydrogens is 236 g/mol. The van der Waals surface area contributed by atoms with Crippen LogP contribution in [0.15, 0.2) is 16.6 Å². The molecule has 0 radical (unpaired) electrons. The Bertz CT molecular complexity index is 286. The maximum Gasteiger partial charge on any atom is 0.135 e. The molecule has 0 unspecified atom stereocenters. The average Bonchev–Trinajstić information content (AvgIpc) is 2.03. The number of benzene rings is 1. The van der Waals surface area contributed by atoms with Crippen LogP contribution in [-0.2, 0) is 0 Å². The minimum Gasteiger partial charge on any atom is -0.495 e. The molecule has 0 atom stereocenters. The van der Waals surface area contributed by atoms with Crippen molar-refractivity contribution < 1.29 is 4.74 Å². The normalized spacial score (nSPS) is 9.58. The second-order valence-corrected chi connectivity index (χ2v) is 3.56. The van der Waals surface area contributed by atoms with Crippen molar-refractivity contribution in [1.82, 2.24) is 0 Å². The quantitative estimate of drug-likeness (QED) is 0.740. The van der Waals surface area contributed by atoms with Gasteiger partial charge >= 0.3 is 0 Å². The van der Waals surface area contributed by atoms with Gasteiger partial charge in [0.2, 0.25) is 0 Å². The molecule has 3 heteroatoms. The van der Waals surface area contributed by atoms with E-state index in [0.717, 1.165) is 21.3 Å². The molecule has 0 fully saturated rings. The summed E-state index contributed by atoms with van der Waals surface area (Å²) in [4.78, 5) is 0. The molecule has 0 saturated carbocycles. The van der Waals surface area contributed by atoms with Crippen molar-refractivity contribution in [3.05, 3.63) is 27.7 Å². The zero-order valence-electron chi connectivity index (χ0n) is 6.93. The summed E-state index contributed by atoms with van der Waals surface area (Å²) in [5.41, 5.74) is 2.11. The number of ether oxygens (including phenoxy) is 1. The molecule has 0 N–H and O–H groups in total. The molecule has 0 saturated heterocycles. The third kappa shape index (κ3) is 1.84. The molecule has 0 amide bonds. The Balaban J connectivity index is 3.27. The Morgan fingerprint density at radius 2 is 2.17 bits per heavy atom. The van der Waals surface area contributed by atoms with E-state index in [9.17, 15) is 0 Å². The smallest absolute Gasteiger partial charge is 0.135 e. The fraction of sp³-hybridized carbons (Fsp3) is 0.222. The van der Waals surface area contributed by atoms with Crippen LogP contribution in [0.4, 0.5) is 0 Å². The maximum absolute atomic E-state index is 5.18. The van der Waals surface area contributed by atoms with Crippen LogP contribution in [0.5, 0.6) is 5.75 Å². The summed E-state index contributed by atoms with van der Waals surface area (Å²) in [5, 5.41) is 1.65. The molecule has 0 spiro atoms. The molecule has 0 heterocycles. The van der Waals surface area contributed by atoms with Crippen LogP contribution in [0.1, 0.15) is 11.1 Å². The van der Waals surface area contributed by atoms with E-state index < -0.39 is 0 Å². The van der Waals surface area contributed by atoms with Gasteiger partial charge in [-0.3, -0.25) is 0 Å². The summed E-state index contributed by atoms with van der Waals surface area (Å²) in [6, 6.07) is 3.94. The Morgan fingerprint density at radius 1 is 1.50 bits per heavy atom. The first kappa shape index (κ1) is 9.68. The van der Waals surface area contributed by atoms with Gasteiger partial charge in [0.15, 0.2) is 0 Å². The predicted octanol–water partition coefficient (Wildman–Crippen LogP) is 3.11. The number of hydrogen-bond donors (Lipinski definition) is 0. The highest BCUT2D eigenvalue weighted by Gasteiger charge is 2.04. The highest BCUT2D eigenvalue weighted by atomic mass is 79.9. The van der Waals surface area contributed by atoms with E-state index in [0.29, 0.717) is 0 Å². The van der Waals surface area contributed by atoms with Gasteiger partial charge in [-0.1, -0.05) is 12.2 Å². The van der Waals surface area contributed by atoms with E-state index in [1.54, 1.807) is 12.5 Å². The van der Waals surface area contributed by atoms with Gasteiger partial charge in [-0.25, -0.2) is 0 Å². The predicted molar refractivity (Wildman–Crippen MR) is 58.2 cm³/mol. The molecule has 0 bridgehead atoms. The topological polar surface area (TPSA) is 9.23 Å². The highest BCUT2D eigenvalue weighted by molar-refractivity contribution is 9.10. The van der Waals surface area contributed by atoms with Crippen LogP contribution in [0, 0.1) is 6.92 Å². The maximum atomic E-state index is 5.18. The first-order valence-corrected chi connectivity index (χ1v) is 4.74. The van der Waals surface area contributed by atoms with E-state index >= 15 is 0 Å². The van der Waals surface area contributed by atoms with E-state index in [4.69, 9.17) is 17.0 Å². The number of hydrogen-bond acceptors (Lipinski definition) is 2. The zero-order valence-corrected chi connectivity index (χ0v) is 9.33. The standard InChI is InChI=1S/C9H9BrOS/c1-6-3-7(5-12)4-8(10)9(6)11-2/h3-5H,1-2H3. The Labute approximate surface area is 85.9 Å². The number of halogens is 1. The number of thiocarbonyl (C=S) groups is 1. The molecule has 0 aromatic heterocycles. The van der Waals surface area contributed by atoms with Gasteiger partial charge < -0.3 is 4.74 Å². The van der Waals surface area contributed by atoms with Gasteiger partial charge in [0.25, 0.3) is 0 Å². The lowest BCUT2D eigenvalue weighted by molar-refractivity contribution is 0.409. The molecule has 1 aromatic carbocycles. The van der Waals surface area contributed by atoms with Gasteiger partial charge in [0.05, 0.1) is 11.6 Å².